The molecule has 0 bridgehead atoms. The summed E-state index contributed by atoms with van der Waals surface area (Å²) in [6.07, 6.45) is 6.73. The number of benzene rings is 1. The van der Waals surface area contributed by atoms with E-state index >= 15 is 0 Å². The first-order chi connectivity index (χ1) is 11.1. The number of carboxylic acid groups (broad SMARTS) is 1. The van der Waals surface area contributed by atoms with Gasteiger partial charge in [0.05, 0.1) is 12.1 Å². The lowest BCUT2D eigenvalue weighted by Crippen LogP contribution is -2.00. The summed E-state index contributed by atoms with van der Waals surface area (Å²) in [6.45, 7) is 2.04. The zero-order chi connectivity index (χ0) is 16.2. The Morgan fingerprint density at radius 3 is 2.52 bits per heavy atom. The molecule has 1 aromatic carbocycles. The Labute approximate surface area is 136 Å². The van der Waals surface area contributed by atoms with E-state index in [2.05, 4.69) is 23.2 Å². The Morgan fingerprint density at radius 2 is 1.87 bits per heavy atom. The second-order valence-corrected chi connectivity index (χ2v) is 6.19. The molecule has 0 saturated heterocycles. The van der Waals surface area contributed by atoms with E-state index in [1.807, 2.05) is 31.2 Å². The van der Waals surface area contributed by atoms with Gasteiger partial charge < -0.3 is 5.11 Å². The van der Waals surface area contributed by atoms with Crippen molar-refractivity contribution in [2.24, 2.45) is 0 Å². The Kier molecular flexibility index (Phi) is 4.56. The molecular formula is C20H21NO2. The lowest BCUT2D eigenvalue weighted by molar-refractivity contribution is -0.136. The molecule has 0 radical (unpaired) electrons. The van der Waals surface area contributed by atoms with Gasteiger partial charge in [0.25, 0.3) is 0 Å². The fourth-order valence-corrected chi connectivity index (χ4v) is 3.10. The van der Waals surface area contributed by atoms with Gasteiger partial charge >= 0.3 is 5.97 Å². The maximum absolute atomic E-state index is 10.7. The number of allylic oxidation sites excluding steroid dienone is 2. The summed E-state index contributed by atoms with van der Waals surface area (Å²) >= 11 is 0. The predicted octanol–water partition coefficient (Wildman–Crippen LogP) is 4.18. The fraction of sp³-hybridized carbons (Fsp3) is 0.300. The first-order valence-electron chi connectivity index (χ1n) is 8.07. The number of aryl methyl sites for hydroxylation is 1. The van der Waals surface area contributed by atoms with Gasteiger partial charge in [0.2, 0.25) is 0 Å². The van der Waals surface area contributed by atoms with Crippen LogP contribution in [-0.2, 0) is 17.6 Å². The quantitative estimate of drug-likeness (QED) is 0.901. The van der Waals surface area contributed by atoms with Gasteiger partial charge in [0.15, 0.2) is 0 Å². The van der Waals surface area contributed by atoms with E-state index in [1.165, 1.54) is 23.1 Å². The molecule has 0 atom stereocenters. The molecule has 1 aliphatic carbocycles. The van der Waals surface area contributed by atoms with Gasteiger partial charge in [-0.05, 0) is 67.0 Å². The van der Waals surface area contributed by atoms with Crippen molar-refractivity contribution in [1.82, 2.24) is 4.98 Å². The van der Waals surface area contributed by atoms with Crippen LogP contribution >= 0.6 is 0 Å². The zero-order valence-electron chi connectivity index (χ0n) is 13.4. The van der Waals surface area contributed by atoms with E-state index in [9.17, 15) is 4.79 Å². The highest BCUT2D eigenvalue weighted by Gasteiger charge is 2.10. The zero-order valence-corrected chi connectivity index (χ0v) is 13.4. The SMILES string of the molecule is Cc1cc(Cc2ccc(CC(=O)O)cc2)cc(C2=CCCC2)n1. The number of carbonyl (C=O) groups is 1. The molecule has 1 heterocycles. The van der Waals surface area contributed by atoms with Crippen molar-refractivity contribution in [3.05, 3.63) is 70.6 Å². The molecule has 0 spiro atoms. The standard InChI is InChI=1S/C20H21NO2/c1-14-10-17(12-19(21-14)18-4-2-3-5-18)11-15-6-8-16(9-7-15)13-20(22)23/h4,6-10,12H,2-3,5,11,13H2,1H3,(H,22,23). The summed E-state index contributed by atoms with van der Waals surface area (Å²) in [7, 11) is 0. The third-order valence-electron chi connectivity index (χ3n) is 4.17. The van der Waals surface area contributed by atoms with Crippen molar-refractivity contribution in [3.63, 3.8) is 0 Å². The first-order valence-corrected chi connectivity index (χ1v) is 8.07. The molecule has 2 aromatic rings. The van der Waals surface area contributed by atoms with Gasteiger partial charge in [-0.25, -0.2) is 0 Å². The van der Waals surface area contributed by atoms with E-state index in [0.29, 0.717) is 0 Å². The van der Waals surface area contributed by atoms with Crippen LogP contribution in [-0.4, -0.2) is 16.1 Å². The Balaban J connectivity index is 1.78. The maximum Gasteiger partial charge on any atom is 0.307 e. The molecule has 0 fully saturated rings. The molecule has 0 unspecified atom stereocenters. The van der Waals surface area contributed by atoms with Crippen molar-refractivity contribution in [2.75, 3.05) is 0 Å². The Hall–Kier alpha value is -2.42. The van der Waals surface area contributed by atoms with Gasteiger partial charge in [-0.15, -0.1) is 0 Å². The van der Waals surface area contributed by atoms with Crippen LogP contribution in [0.1, 0.15) is 47.3 Å². The lowest BCUT2D eigenvalue weighted by Gasteiger charge is -2.08. The minimum absolute atomic E-state index is 0.0763. The highest BCUT2D eigenvalue weighted by Crippen LogP contribution is 2.27. The van der Waals surface area contributed by atoms with E-state index in [1.54, 1.807) is 0 Å². The number of pyridine rings is 1. The monoisotopic (exact) mass is 307 g/mol. The summed E-state index contributed by atoms with van der Waals surface area (Å²) in [4.78, 5) is 15.4. The van der Waals surface area contributed by atoms with Crippen molar-refractivity contribution >= 4 is 11.5 Å². The Morgan fingerprint density at radius 1 is 1.13 bits per heavy atom. The second kappa shape index (κ2) is 6.78. The van der Waals surface area contributed by atoms with E-state index in [4.69, 9.17) is 5.11 Å². The van der Waals surface area contributed by atoms with Crippen LogP contribution < -0.4 is 0 Å². The average Bonchev–Trinajstić information content (AvgIpc) is 3.02. The van der Waals surface area contributed by atoms with Gasteiger partial charge in [-0.3, -0.25) is 9.78 Å². The van der Waals surface area contributed by atoms with E-state index in [0.717, 1.165) is 36.2 Å². The smallest absolute Gasteiger partial charge is 0.307 e. The first kappa shape index (κ1) is 15.5. The molecule has 1 aliphatic rings. The highest BCUT2D eigenvalue weighted by atomic mass is 16.4. The van der Waals surface area contributed by atoms with Crippen molar-refractivity contribution < 1.29 is 9.90 Å². The van der Waals surface area contributed by atoms with Crippen LogP contribution in [0.3, 0.4) is 0 Å². The Bertz CT molecular complexity index is 745. The lowest BCUT2D eigenvalue weighted by atomic mass is 10.0. The minimum atomic E-state index is -0.794. The van der Waals surface area contributed by atoms with Crippen LogP contribution in [0.2, 0.25) is 0 Å². The third-order valence-corrected chi connectivity index (χ3v) is 4.17. The number of aliphatic carboxylic acids is 1. The van der Waals surface area contributed by atoms with Crippen molar-refractivity contribution in [3.8, 4) is 0 Å². The van der Waals surface area contributed by atoms with Crippen molar-refractivity contribution in [2.45, 2.75) is 39.0 Å². The largest absolute Gasteiger partial charge is 0.481 e. The third kappa shape index (κ3) is 4.07. The average molecular weight is 307 g/mol. The molecule has 3 rings (SSSR count). The number of rotatable bonds is 5. The summed E-state index contributed by atoms with van der Waals surface area (Å²) in [5.74, 6) is -0.794. The number of aromatic nitrogens is 1. The number of hydrogen-bond donors (Lipinski definition) is 1. The molecule has 0 amide bonds. The van der Waals surface area contributed by atoms with Gasteiger partial charge in [0.1, 0.15) is 0 Å². The second-order valence-electron chi connectivity index (χ2n) is 6.19. The molecule has 3 heteroatoms. The van der Waals surface area contributed by atoms with Gasteiger partial charge in [-0.1, -0.05) is 30.3 Å². The van der Waals surface area contributed by atoms with E-state index < -0.39 is 5.97 Å². The molecule has 0 aliphatic heterocycles. The van der Waals surface area contributed by atoms with Gasteiger partial charge in [0, 0.05) is 5.69 Å². The van der Waals surface area contributed by atoms with Crippen LogP contribution in [0, 0.1) is 6.92 Å². The van der Waals surface area contributed by atoms with Crippen LogP contribution in [0.15, 0.2) is 42.5 Å². The fourth-order valence-electron chi connectivity index (χ4n) is 3.10. The molecule has 23 heavy (non-hydrogen) atoms. The summed E-state index contributed by atoms with van der Waals surface area (Å²) in [5.41, 5.74) is 6.81. The predicted molar refractivity (Wildman–Crippen MR) is 91.4 cm³/mol. The van der Waals surface area contributed by atoms with Crippen LogP contribution in [0.4, 0.5) is 0 Å². The van der Waals surface area contributed by atoms with Gasteiger partial charge in [-0.2, -0.15) is 0 Å². The maximum atomic E-state index is 10.7. The molecule has 118 valence electrons. The normalized spacial score (nSPS) is 13.9. The number of carboxylic acids is 1. The van der Waals surface area contributed by atoms with Crippen molar-refractivity contribution in [1.29, 1.82) is 0 Å². The van der Waals surface area contributed by atoms with Crippen LogP contribution in [0.5, 0.6) is 0 Å². The molecular weight excluding hydrogens is 286 g/mol. The highest BCUT2D eigenvalue weighted by molar-refractivity contribution is 5.70. The summed E-state index contributed by atoms with van der Waals surface area (Å²) in [5, 5.41) is 8.82. The summed E-state index contributed by atoms with van der Waals surface area (Å²) < 4.78 is 0. The van der Waals surface area contributed by atoms with Crippen LogP contribution in [0.25, 0.3) is 5.57 Å². The summed E-state index contributed by atoms with van der Waals surface area (Å²) in [6, 6.07) is 12.2. The molecule has 1 aromatic heterocycles. The number of hydrogen-bond acceptors (Lipinski definition) is 2. The molecule has 3 nitrogen and oxygen atoms in total. The minimum Gasteiger partial charge on any atom is -0.481 e. The molecule has 1 N–H and O–H groups in total. The topological polar surface area (TPSA) is 50.2 Å². The molecule has 0 saturated carbocycles. The van der Waals surface area contributed by atoms with E-state index in [-0.39, 0.29) is 6.42 Å². The number of nitrogens with zero attached hydrogens (tertiary/aromatic N) is 1.